The third kappa shape index (κ3) is 4.27. The van der Waals surface area contributed by atoms with E-state index in [2.05, 4.69) is 20.7 Å². The standard InChI is InChI=1S/C14H19N5O2/c1-4-7-19-17-14(16-18-19)15-13(20)9-21-12-6-5-10(2)8-11(12)3/h5-6,8H,4,7,9H2,1-3H3,(H,15,17,20). The zero-order valence-electron chi connectivity index (χ0n) is 12.5. The van der Waals surface area contributed by atoms with Gasteiger partial charge in [0.05, 0.1) is 6.54 Å². The Labute approximate surface area is 123 Å². The molecule has 2 aromatic rings. The Balaban J connectivity index is 1.86. The number of anilines is 1. The maximum absolute atomic E-state index is 11.8. The zero-order valence-corrected chi connectivity index (χ0v) is 12.5. The second kappa shape index (κ2) is 6.83. The van der Waals surface area contributed by atoms with Crippen molar-refractivity contribution in [3.05, 3.63) is 29.3 Å². The molecule has 0 saturated carbocycles. The molecule has 0 aliphatic carbocycles. The summed E-state index contributed by atoms with van der Waals surface area (Å²) in [4.78, 5) is 13.2. The number of tetrazole rings is 1. The van der Waals surface area contributed by atoms with Crippen molar-refractivity contribution >= 4 is 11.9 Å². The zero-order chi connectivity index (χ0) is 15.2. The Bertz CT molecular complexity index is 624. The van der Waals surface area contributed by atoms with Gasteiger partial charge >= 0.3 is 0 Å². The van der Waals surface area contributed by atoms with Crippen LogP contribution in [0.15, 0.2) is 18.2 Å². The van der Waals surface area contributed by atoms with Crippen LogP contribution < -0.4 is 10.1 Å². The molecule has 1 aromatic heterocycles. The fourth-order valence-corrected chi connectivity index (χ4v) is 1.85. The van der Waals surface area contributed by atoms with Gasteiger partial charge in [-0.05, 0) is 37.1 Å². The van der Waals surface area contributed by atoms with Crippen molar-refractivity contribution < 1.29 is 9.53 Å². The average Bonchev–Trinajstić information content (AvgIpc) is 2.85. The summed E-state index contributed by atoms with van der Waals surface area (Å²) in [5.74, 6) is 0.571. The number of hydrogen-bond donors (Lipinski definition) is 1. The second-order valence-electron chi connectivity index (χ2n) is 4.81. The smallest absolute Gasteiger partial charge is 0.270 e. The monoisotopic (exact) mass is 289 g/mol. The Morgan fingerprint density at radius 2 is 2.19 bits per heavy atom. The lowest BCUT2D eigenvalue weighted by molar-refractivity contribution is -0.118. The molecule has 0 radical (unpaired) electrons. The molecule has 2 rings (SSSR count). The summed E-state index contributed by atoms with van der Waals surface area (Å²) >= 11 is 0. The Hall–Kier alpha value is -2.44. The summed E-state index contributed by atoms with van der Waals surface area (Å²) in [5, 5.41) is 14.2. The van der Waals surface area contributed by atoms with Gasteiger partial charge in [-0.15, -0.1) is 5.10 Å². The quantitative estimate of drug-likeness (QED) is 0.875. The lowest BCUT2D eigenvalue weighted by Gasteiger charge is -2.08. The molecule has 0 saturated heterocycles. The summed E-state index contributed by atoms with van der Waals surface area (Å²) in [5.41, 5.74) is 2.15. The SMILES string of the molecule is CCCn1nnc(NC(=O)COc2ccc(C)cc2C)n1. The third-order valence-electron chi connectivity index (χ3n) is 2.82. The van der Waals surface area contributed by atoms with Gasteiger partial charge in [-0.3, -0.25) is 10.1 Å². The molecule has 7 nitrogen and oxygen atoms in total. The van der Waals surface area contributed by atoms with Crippen molar-refractivity contribution in [2.75, 3.05) is 11.9 Å². The Morgan fingerprint density at radius 1 is 1.38 bits per heavy atom. The molecule has 1 aromatic carbocycles. The molecular formula is C14H19N5O2. The highest BCUT2D eigenvalue weighted by Crippen LogP contribution is 2.18. The number of aromatic nitrogens is 4. The molecule has 1 N–H and O–H groups in total. The van der Waals surface area contributed by atoms with Gasteiger partial charge in [-0.2, -0.15) is 4.80 Å². The van der Waals surface area contributed by atoms with E-state index < -0.39 is 0 Å². The molecule has 7 heteroatoms. The average molecular weight is 289 g/mol. The summed E-state index contributed by atoms with van der Waals surface area (Å²) in [6.07, 6.45) is 0.902. The first-order valence-electron chi connectivity index (χ1n) is 6.86. The van der Waals surface area contributed by atoms with Gasteiger partial charge in [0.25, 0.3) is 11.9 Å². The lowest BCUT2D eigenvalue weighted by Crippen LogP contribution is -2.21. The largest absolute Gasteiger partial charge is 0.483 e. The number of nitrogens with zero attached hydrogens (tertiary/aromatic N) is 4. The van der Waals surface area contributed by atoms with Crippen LogP contribution in [-0.2, 0) is 11.3 Å². The van der Waals surface area contributed by atoms with Crippen LogP contribution >= 0.6 is 0 Å². The van der Waals surface area contributed by atoms with Crippen LogP contribution in [0.4, 0.5) is 5.95 Å². The second-order valence-corrected chi connectivity index (χ2v) is 4.81. The van der Waals surface area contributed by atoms with Crippen LogP contribution in [0.1, 0.15) is 24.5 Å². The van der Waals surface area contributed by atoms with Crippen molar-refractivity contribution in [2.24, 2.45) is 0 Å². The minimum absolute atomic E-state index is 0.0911. The molecule has 0 unspecified atom stereocenters. The first kappa shape index (κ1) is 15.0. The number of carbonyl (C=O) groups is 1. The van der Waals surface area contributed by atoms with Gasteiger partial charge in [0, 0.05) is 0 Å². The molecule has 1 heterocycles. The molecule has 0 fully saturated rings. The van der Waals surface area contributed by atoms with Crippen LogP contribution in [0.25, 0.3) is 0 Å². The molecule has 1 amide bonds. The fraction of sp³-hybridized carbons (Fsp3) is 0.429. The predicted molar refractivity (Wildman–Crippen MR) is 78.1 cm³/mol. The maximum Gasteiger partial charge on any atom is 0.270 e. The highest BCUT2D eigenvalue weighted by atomic mass is 16.5. The first-order chi connectivity index (χ1) is 10.1. The highest BCUT2D eigenvalue weighted by molar-refractivity contribution is 5.90. The van der Waals surface area contributed by atoms with E-state index in [9.17, 15) is 4.79 Å². The minimum Gasteiger partial charge on any atom is -0.483 e. The van der Waals surface area contributed by atoms with E-state index in [0.717, 1.165) is 17.5 Å². The van der Waals surface area contributed by atoms with Crippen molar-refractivity contribution in [3.8, 4) is 5.75 Å². The maximum atomic E-state index is 11.8. The van der Waals surface area contributed by atoms with Crippen LogP contribution in [0.2, 0.25) is 0 Å². The number of nitrogens with one attached hydrogen (secondary N) is 1. The highest BCUT2D eigenvalue weighted by Gasteiger charge is 2.09. The normalized spacial score (nSPS) is 10.4. The van der Waals surface area contributed by atoms with Gasteiger partial charge in [0.15, 0.2) is 6.61 Å². The lowest BCUT2D eigenvalue weighted by atomic mass is 10.1. The Kier molecular flexibility index (Phi) is 4.86. The van der Waals surface area contributed by atoms with E-state index >= 15 is 0 Å². The fourth-order valence-electron chi connectivity index (χ4n) is 1.85. The van der Waals surface area contributed by atoms with Crippen molar-refractivity contribution in [1.82, 2.24) is 20.2 Å². The van der Waals surface area contributed by atoms with E-state index in [1.54, 1.807) is 0 Å². The number of hydrogen-bond acceptors (Lipinski definition) is 5. The van der Waals surface area contributed by atoms with Gasteiger partial charge in [-0.25, -0.2) is 0 Å². The van der Waals surface area contributed by atoms with Gasteiger partial charge in [0.1, 0.15) is 5.75 Å². The van der Waals surface area contributed by atoms with Crippen molar-refractivity contribution in [1.29, 1.82) is 0 Å². The number of benzene rings is 1. The number of carbonyl (C=O) groups excluding carboxylic acids is 1. The number of rotatable bonds is 6. The molecule has 0 aliphatic heterocycles. The minimum atomic E-state index is -0.314. The van der Waals surface area contributed by atoms with Crippen LogP contribution in [-0.4, -0.2) is 32.7 Å². The van der Waals surface area contributed by atoms with E-state index in [-0.39, 0.29) is 18.5 Å². The van der Waals surface area contributed by atoms with Crippen LogP contribution in [0, 0.1) is 13.8 Å². The predicted octanol–water partition coefficient (Wildman–Crippen LogP) is 1.72. The molecule has 0 spiro atoms. The summed E-state index contributed by atoms with van der Waals surface area (Å²) in [6, 6.07) is 5.80. The number of ether oxygens (including phenoxy) is 1. The first-order valence-corrected chi connectivity index (χ1v) is 6.86. The van der Waals surface area contributed by atoms with Crippen LogP contribution in [0.5, 0.6) is 5.75 Å². The van der Waals surface area contributed by atoms with Crippen molar-refractivity contribution in [2.45, 2.75) is 33.7 Å². The molecule has 112 valence electrons. The van der Waals surface area contributed by atoms with Crippen LogP contribution in [0.3, 0.4) is 0 Å². The molecule has 0 atom stereocenters. The van der Waals surface area contributed by atoms with Gasteiger partial charge < -0.3 is 4.74 Å². The van der Waals surface area contributed by atoms with Crippen molar-refractivity contribution in [3.63, 3.8) is 0 Å². The summed E-state index contributed by atoms with van der Waals surface area (Å²) in [6.45, 7) is 6.54. The van der Waals surface area contributed by atoms with Gasteiger partial charge in [-0.1, -0.05) is 29.7 Å². The Morgan fingerprint density at radius 3 is 2.90 bits per heavy atom. The number of amides is 1. The topological polar surface area (TPSA) is 81.9 Å². The van der Waals surface area contributed by atoms with E-state index in [0.29, 0.717) is 12.3 Å². The van der Waals surface area contributed by atoms with Gasteiger partial charge in [0.2, 0.25) is 0 Å². The van der Waals surface area contributed by atoms with E-state index in [1.807, 2.05) is 39.0 Å². The summed E-state index contributed by atoms with van der Waals surface area (Å²) in [7, 11) is 0. The van der Waals surface area contributed by atoms with E-state index in [1.165, 1.54) is 4.80 Å². The molecular weight excluding hydrogens is 270 g/mol. The molecule has 0 aliphatic rings. The third-order valence-corrected chi connectivity index (χ3v) is 2.82. The summed E-state index contributed by atoms with van der Waals surface area (Å²) < 4.78 is 5.49. The molecule has 0 bridgehead atoms. The van der Waals surface area contributed by atoms with E-state index in [4.69, 9.17) is 4.74 Å². The molecule has 21 heavy (non-hydrogen) atoms. The number of aryl methyl sites for hydroxylation is 3.